The third-order valence-electron chi connectivity index (χ3n) is 2.30. The van der Waals surface area contributed by atoms with Crippen LogP contribution >= 0.6 is 0 Å². The summed E-state index contributed by atoms with van der Waals surface area (Å²) in [5.74, 6) is 3.26. The second-order valence-corrected chi connectivity index (χ2v) is 10.7. The number of hydrogen-bond donors (Lipinski definition) is 0. The molecule has 0 saturated carbocycles. The molecule has 3 heteroatoms. The van der Waals surface area contributed by atoms with Crippen LogP contribution < -0.4 is 0 Å². The highest BCUT2D eigenvalue weighted by Crippen LogP contribution is 2.20. The van der Waals surface area contributed by atoms with E-state index in [-0.39, 0.29) is 11.9 Å². The van der Waals surface area contributed by atoms with Gasteiger partial charge in [-0.3, -0.25) is 0 Å². The van der Waals surface area contributed by atoms with Crippen LogP contribution in [0.4, 0.5) is 0 Å². The van der Waals surface area contributed by atoms with Gasteiger partial charge < -0.3 is 9.47 Å². The summed E-state index contributed by atoms with van der Waals surface area (Å²) in [5, 5.41) is 0. The molecule has 0 bridgehead atoms. The number of hydrogen-bond acceptors (Lipinski definition) is 2. The first-order valence-corrected chi connectivity index (χ1v) is 9.62. The van der Waals surface area contributed by atoms with E-state index < -0.39 is 8.07 Å². The van der Waals surface area contributed by atoms with Crippen molar-refractivity contribution in [3.63, 3.8) is 0 Å². The molecule has 0 amide bonds. The molecule has 92 valence electrons. The van der Waals surface area contributed by atoms with Gasteiger partial charge in [0.2, 0.25) is 0 Å². The molecule has 1 rings (SSSR count). The molecule has 0 aliphatic carbocycles. The third-order valence-corrected chi connectivity index (χ3v) is 3.18. The Morgan fingerprint density at radius 1 is 1.25 bits per heavy atom. The summed E-state index contributed by atoms with van der Waals surface area (Å²) in [7, 11) is -1.31. The van der Waals surface area contributed by atoms with E-state index in [1.165, 1.54) is 6.42 Å². The molecular formula is C13H24O2Si. The summed E-state index contributed by atoms with van der Waals surface area (Å²) in [4.78, 5) is 0. The van der Waals surface area contributed by atoms with E-state index in [1.54, 1.807) is 0 Å². The summed E-state index contributed by atoms with van der Waals surface area (Å²) >= 11 is 0. The van der Waals surface area contributed by atoms with Gasteiger partial charge in [-0.15, -0.1) is 5.54 Å². The minimum Gasteiger partial charge on any atom is -0.353 e. The summed E-state index contributed by atoms with van der Waals surface area (Å²) in [6, 6.07) is 0. The highest BCUT2D eigenvalue weighted by Gasteiger charge is 2.24. The minimum atomic E-state index is -1.31. The Morgan fingerprint density at radius 3 is 2.44 bits per heavy atom. The van der Waals surface area contributed by atoms with Gasteiger partial charge in [0.25, 0.3) is 0 Å². The molecule has 0 aromatic rings. The molecule has 1 aliphatic rings. The van der Waals surface area contributed by atoms with Crippen molar-refractivity contribution in [1.82, 2.24) is 0 Å². The van der Waals surface area contributed by atoms with Gasteiger partial charge in [-0.1, -0.05) is 25.6 Å². The first-order chi connectivity index (χ1) is 7.29. The standard InChI is InChI=1S/C13H24O2Si/c1-13(2,9-11-16(3,4)5)15-12-8-6-7-10-14-12/h12H,6-8,10H2,1-5H3. The lowest BCUT2D eigenvalue weighted by molar-refractivity contribution is -0.199. The van der Waals surface area contributed by atoms with Gasteiger partial charge in [-0.2, -0.15) is 0 Å². The van der Waals surface area contributed by atoms with Gasteiger partial charge in [0, 0.05) is 6.61 Å². The van der Waals surface area contributed by atoms with Gasteiger partial charge in [-0.05, 0) is 33.1 Å². The largest absolute Gasteiger partial charge is 0.353 e. The van der Waals surface area contributed by atoms with E-state index in [1.807, 2.05) is 13.8 Å². The predicted octanol–water partition coefficient (Wildman–Crippen LogP) is 3.19. The van der Waals surface area contributed by atoms with Crippen LogP contribution in [-0.4, -0.2) is 26.6 Å². The molecule has 0 spiro atoms. The van der Waals surface area contributed by atoms with Crippen molar-refractivity contribution in [2.45, 2.75) is 64.6 Å². The molecule has 0 aromatic carbocycles. The van der Waals surface area contributed by atoms with E-state index in [9.17, 15) is 0 Å². The quantitative estimate of drug-likeness (QED) is 0.545. The normalized spacial score (nSPS) is 22.4. The van der Waals surface area contributed by atoms with Gasteiger partial charge in [0.05, 0.1) is 0 Å². The predicted molar refractivity (Wildman–Crippen MR) is 69.9 cm³/mol. The van der Waals surface area contributed by atoms with Crippen molar-refractivity contribution in [2.75, 3.05) is 6.61 Å². The van der Waals surface area contributed by atoms with Crippen LogP contribution in [0.3, 0.4) is 0 Å². The minimum absolute atomic E-state index is 0.0558. The highest BCUT2D eigenvalue weighted by atomic mass is 28.3. The first-order valence-electron chi connectivity index (χ1n) is 6.12. The van der Waals surface area contributed by atoms with Gasteiger partial charge >= 0.3 is 0 Å². The highest BCUT2D eigenvalue weighted by molar-refractivity contribution is 6.83. The average Bonchev–Trinajstić information content (AvgIpc) is 2.15. The molecule has 0 aromatic heterocycles. The van der Waals surface area contributed by atoms with Crippen molar-refractivity contribution in [2.24, 2.45) is 0 Å². The zero-order valence-corrected chi connectivity index (χ0v) is 12.2. The van der Waals surface area contributed by atoms with Crippen LogP contribution in [0.25, 0.3) is 0 Å². The van der Waals surface area contributed by atoms with Crippen LogP contribution in [0.1, 0.15) is 33.1 Å². The molecule has 1 unspecified atom stereocenters. The molecule has 1 fully saturated rings. The maximum Gasteiger partial charge on any atom is 0.159 e. The fraction of sp³-hybridized carbons (Fsp3) is 0.846. The third kappa shape index (κ3) is 5.69. The van der Waals surface area contributed by atoms with E-state index in [4.69, 9.17) is 9.47 Å². The fourth-order valence-electron chi connectivity index (χ4n) is 1.50. The van der Waals surface area contributed by atoms with E-state index in [0.29, 0.717) is 0 Å². The van der Waals surface area contributed by atoms with Crippen molar-refractivity contribution in [1.29, 1.82) is 0 Å². The maximum absolute atomic E-state index is 5.90. The summed E-state index contributed by atoms with van der Waals surface area (Å²) < 4.78 is 11.5. The maximum atomic E-state index is 5.90. The van der Waals surface area contributed by atoms with Gasteiger partial charge in [0.1, 0.15) is 13.7 Å². The van der Waals surface area contributed by atoms with E-state index in [2.05, 4.69) is 31.1 Å². The Kier molecular flexibility index (Phi) is 4.60. The second-order valence-electron chi connectivity index (χ2n) is 5.92. The molecule has 1 saturated heterocycles. The molecule has 1 aliphatic heterocycles. The van der Waals surface area contributed by atoms with Crippen LogP contribution in [0.15, 0.2) is 0 Å². The smallest absolute Gasteiger partial charge is 0.159 e. The Bertz CT molecular complexity index is 275. The summed E-state index contributed by atoms with van der Waals surface area (Å²) in [6.45, 7) is 11.6. The van der Waals surface area contributed by atoms with Crippen LogP contribution in [0.5, 0.6) is 0 Å². The van der Waals surface area contributed by atoms with E-state index >= 15 is 0 Å². The molecule has 0 N–H and O–H groups in total. The summed E-state index contributed by atoms with van der Waals surface area (Å²) in [6.07, 6.45) is 3.29. The van der Waals surface area contributed by atoms with Crippen LogP contribution in [0.2, 0.25) is 19.6 Å². The van der Waals surface area contributed by atoms with Gasteiger partial charge in [-0.25, -0.2) is 0 Å². The van der Waals surface area contributed by atoms with Crippen molar-refractivity contribution >= 4 is 8.07 Å². The second kappa shape index (κ2) is 5.35. The average molecular weight is 240 g/mol. The lowest BCUT2D eigenvalue weighted by Gasteiger charge is -2.29. The lowest BCUT2D eigenvalue weighted by Crippen LogP contribution is -2.33. The topological polar surface area (TPSA) is 18.5 Å². The zero-order chi connectivity index (χ0) is 12.2. The Balaban J connectivity index is 2.52. The fourth-order valence-corrected chi connectivity index (χ4v) is 2.18. The zero-order valence-electron chi connectivity index (χ0n) is 11.2. The molecular weight excluding hydrogens is 216 g/mol. The molecule has 16 heavy (non-hydrogen) atoms. The van der Waals surface area contributed by atoms with Crippen molar-refractivity contribution in [3.8, 4) is 11.5 Å². The monoisotopic (exact) mass is 240 g/mol. The molecule has 0 radical (unpaired) electrons. The molecule has 2 nitrogen and oxygen atoms in total. The Labute approximate surface area is 101 Å². The number of ether oxygens (including phenoxy) is 2. The molecule has 1 heterocycles. The number of rotatable bonds is 2. The SMILES string of the molecule is CC(C)(C#C[Si](C)(C)C)OC1CCCCO1. The van der Waals surface area contributed by atoms with E-state index in [0.717, 1.165) is 19.4 Å². The Morgan fingerprint density at radius 2 is 1.94 bits per heavy atom. The van der Waals surface area contributed by atoms with Crippen LogP contribution in [-0.2, 0) is 9.47 Å². The van der Waals surface area contributed by atoms with Gasteiger partial charge in [0.15, 0.2) is 6.29 Å². The van der Waals surface area contributed by atoms with Crippen molar-refractivity contribution in [3.05, 3.63) is 0 Å². The Hall–Kier alpha value is -0.303. The summed E-state index contributed by atoms with van der Waals surface area (Å²) in [5.41, 5.74) is 2.97. The first kappa shape index (κ1) is 13.8. The lowest BCUT2D eigenvalue weighted by atomic mass is 10.1. The van der Waals surface area contributed by atoms with Crippen molar-refractivity contribution < 1.29 is 9.47 Å². The van der Waals surface area contributed by atoms with Crippen LogP contribution in [0, 0.1) is 11.5 Å². The molecule has 1 atom stereocenters.